The number of para-hydroxylation sites is 1. The highest BCUT2D eigenvalue weighted by atomic mass is 79.9. The van der Waals surface area contributed by atoms with E-state index in [-0.39, 0.29) is 46.5 Å². The Morgan fingerprint density at radius 2 is 1.89 bits per heavy atom. The third-order valence-electron chi connectivity index (χ3n) is 6.27. The van der Waals surface area contributed by atoms with Crippen LogP contribution in [0.4, 0.5) is 5.69 Å². The predicted molar refractivity (Wildman–Crippen MR) is 107 cm³/mol. The molecule has 1 heterocycles. The minimum absolute atomic E-state index is 0.0653. The number of anilines is 1. The fourth-order valence-electron chi connectivity index (χ4n) is 4.96. The number of benzene rings is 2. The van der Waals surface area contributed by atoms with Gasteiger partial charge in [0.25, 0.3) is 0 Å². The molecule has 0 spiro atoms. The number of hydrogen-bond donors (Lipinski definition) is 1. The third-order valence-corrected chi connectivity index (χ3v) is 7.47. The Morgan fingerprint density at radius 1 is 1.14 bits per heavy atom. The maximum atomic E-state index is 12.9. The second-order valence-electron chi connectivity index (χ2n) is 7.84. The summed E-state index contributed by atoms with van der Waals surface area (Å²) in [5, 5.41) is 2.97. The summed E-state index contributed by atoms with van der Waals surface area (Å²) >= 11 is 3.64. The summed E-state index contributed by atoms with van der Waals surface area (Å²) in [4.78, 5) is 25.2. The quantitative estimate of drug-likeness (QED) is 0.567. The molecule has 2 saturated carbocycles. The average molecular weight is 442 g/mol. The summed E-state index contributed by atoms with van der Waals surface area (Å²) in [6.07, 6.45) is 0.808. The van der Waals surface area contributed by atoms with E-state index in [0.717, 1.165) is 17.7 Å². The van der Waals surface area contributed by atoms with E-state index in [1.54, 1.807) is 0 Å². The third kappa shape index (κ3) is 2.73. The van der Waals surface area contributed by atoms with Crippen molar-refractivity contribution in [1.29, 1.82) is 0 Å². The maximum absolute atomic E-state index is 12.9. The minimum Gasteiger partial charge on any atom is -0.461 e. The van der Waals surface area contributed by atoms with Crippen molar-refractivity contribution >= 4 is 33.5 Å². The molecular formula is C22H20BrNO4. The zero-order valence-corrected chi connectivity index (χ0v) is 16.9. The summed E-state index contributed by atoms with van der Waals surface area (Å²) in [6.45, 7) is 2.00. The Kier molecular flexibility index (Phi) is 4.19. The molecule has 1 amide bonds. The minimum atomic E-state index is -0.330. The lowest BCUT2D eigenvalue weighted by Gasteiger charge is -2.27. The summed E-state index contributed by atoms with van der Waals surface area (Å²) in [6, 6.07) is 15.1. The van der Waals surface area contributed by atoms with Crippen LogP contribution in [0.3, 0.4) is 0 Å². The number of fused-ring (bicyclic) bond motifs is 1. The summed E-state index contributed by atoms with van der Waals surface area (Å²) in [7, 11) is 0. The molecule has 5 nitrogen and oxygen atoms in total. The number of alkyl halides is 1. The lowest BCUT2D eigenvalue weighted by Crippen LogP contribution is -2.40. The SMILES string of the molecule is Cc1ccccc1Oc1ccc(NC(=O)[C@@H]2[C@H]3C[C@H]4[C@H](OC(=O)[C@@H]42)[C@@H]3Br)cc1. The first-order valence-corrected chi connectivity index (χ1v) is 10.4. The Balaban J connectivity index is 1.28. The van der Waals surface area contributed by atoms with Crippen molar-refractivity contribution in [3.8, 4) is 11.5 Å². The van der Waals surface area contributed by atoms with Crippen molar-refractivity contribution in [2.24, 2.45) is 23.7 Å². The maximum Gasteiger partial charge on any atom is 0.310 e. The molecule has 6 heteroatoms. The number of esters is 1. The summed E-state index contributed by atoms with van der Waals surface area (Å²) in [5.41, 5.74) is 1.75. The molecule has 0 radical (unpaired) electrons. The van der Waals surface area contributed by atoms with Gasteiger partial charge in [-0.1, -0.05) is 34.1 Å². The highest BCUT2D eigenvalue weighted by molar-refractivity contribution is 9.09. The van der Waals surface area contributed by atoms with Gasteiger partial charge in [0.15, 0.2) is 0 Å². The van der Waals surface area contributed by atoms with Crippen LogP contribution in [0.2, 0.25) is 0 Å². The van der Waals surface area contributed by atoms with Gasteiger partial charge in [0, 0.05) is 11.6 Å². The van der Waals surface area contributed by atoms with E-state index in [1.807, 2.05) is 55.5 Å². The number of nitrogens with one attached hydrogen (secondary N) is 1. The van der Waals surface area contributed by atoms with Crippen molar-refractivity contribution < 1.29 is 19.1 Å². The van der Waals surface area contributed by atoms with Crippen molar-refractivity contribution in [1.82, 2.24) is 0 Å². The van der Waals surface area contributed by atoms with Crippen LogP contribution in [0.1, 0.15) is 12.0 Å². The van der Waals surface area contributed by atoms with Gasteiger partial charge in [0.05, 0.1) is 16.7 Å². The van der Waals surface area contributed by atoms with Crippen LogP contribution in [-0.4, -0.2) is 22.8 Å². The van der Waals surface area contributed by atoms with Crippen LogP contribution in [-0.2, 0) is 14.3 Å². The van der Waals surface area contributed by atoms with Crippen molar-refractivity contribution in [2.45, 2.75) is 24.3 Å². The molecule has 3 fully saturated rings. The van der Waals surface area contributed by atoms with Crippen LogP contribution in [0.15, 0.2) is 48.5 Å². The van der Waals surface area contributed by atoms with Crippen LogP contribution >= 0.6 is 15.9 Å². The molecule has 2 aromatic carbocycles. The van der Waals surface area contributed by atoms with Crippen LogP contribution in [0.5, 0.6) is 11.5 Å². The van der Waals surface area contributed by atoms with Gasteiger partial charge in [0.2, 0.25) is 5.91 Å². The van der Waals surface area contributed by atoms with Crippen LogP contribution in [0, 0.1) is 30.6 Å². The van der Waals surface area contributed by atoms with E-state index >= 15 is 0 Å². The summed E-state index contributed by atoms with van der Waals surface area (Å²) < 4.78 is 11.4. The first kappa shape index (κ1) is 17.7. The smallest absolute Gasteiger partial charge is 0.310 e. The molecule has 3 aliphatic rings. The molecule has 0 aromatic heterocycles. The first-order chi connectivity index (χ1) is 13.5. The molecule has 0 unspecified atom stereocenters. The predicted octanol–water partition coefficient (Wildman–Crippen LogP) is 4.30. The highest BCUT2D eigenvalue weighted by Crippen LogP contribution is 2.60. The largest absolute Gasteiger partial charge is 0.461 e. The molecule has 2 aromatic rings. The number of carbonyl (C=O) groups is 2. The molecule has 2 aliphatic carbocycles. The number of carbonyl (C=O) groups excluding carboxylic acids is 2. The lowest BCUT2D eigenvalue weighted by atomic mass is 9.79. The van der Waals surface area contributed by atoms with Gasteiger partial charge in [-0.15, -0.1) is 0 Å². The van der Waals surface area contributed by atoms with E-state index < -0.39 is 0 Å². The Labute approximate surface area is 171 Å². The number of hydrogen-bond acceptors (Lipinski definition) is 4. The fourth-order valence-corrected chi connectivity index (χ4v) is 6.00. The van der Waals surface area contributed by atoms with Gasteiger partial charge in [-0.05, 0) is 55.2 Å². The number of aryl methyl sites for hydroxylation is 1. The molecule has 28 heavy (non-hydrogen) atoms. The molecule has 1 aliphatic heterocycles. The fraction of sp³-hybridized carbons (Fsp3) is 0.364. The highest BCUT2D eigenvalue weighted by Gasteiger charge is 2.67. The Morgan fingerprint density at radius 3 is 2.64 bits per heavy atom. The number of rotatable bonds is 4. The molecule has 1 N–H and O–H groups in total. The molecule has 1 saturated heterocycles. The number of amides is 1. The van der Waals surface area contributed by atoms with Gasteiger partial charge in [-0.3, -0.25) is 9.59 Å². The van der Waals surface area contributed by atoms with Gasteiger partial charge < -0.3 is 14.8 Å². The standard InChI is InChI=1S/C22H20BrNO4/c1-11-4-2-3-5-16(11)27-13-8-6-12(7-9-13)24-21(25)17-14-10-15-18(17)22(26)28-20(15)19(14)23/h2-9,14-15,17-20H,10H2,1H3,(H,24,25)/t14-,15-,17-,18+,19-,20+/m1/s1. The Hall–Kier alpha value is -2.34. The topological polar surface area (TPSA) is 64.6 Å². The monoisotopic (exact) mass is 441 g/mol. The zero-order chi connectivity index (χ0) is 19.4. The molecule has 5 rings (SSSR count). The number of halogens is 1. The van der Waals surface area contributed by atoms with E-state index in [0.29, 0.717) is 11.4 Å². The van der Waals surface area contributed by atoms with Crippen LogP contribution in [0.25, 0.3) is 0 Å². The van der Waals surface area contributed by atoms with Crippen LogP contribution < -0.4 is 10.1 Å². The molecule has 144 valence electrons. The van der Waals surface area contributed by atoms with Gasteiger partial charge in [0.1, 0.15) is 17.6 Å². The van der Waals surface area contributed by atoms with E-state index in [1.165, 1.54) is 0 Å². The molecular weight excluding hydrogens is 422 g/mol. The molecule has 6 atom stereocenters. The van der Waals surface area contributed by atoms with E-state index in [2.05, 4.69) is 21.2 Å². The second-order valence-corrected chi connectivity index (χ2v) is 8.90. The van der Waals surface area contributed by atoms with E-state index in [9.17, 15) is 9.59 Å². The van der Waals surface area contributed by atoms with E-state index in [4.69, 9.17) is 9.47 Å². The zero-order valence-electron chi connectivity index (χ0n) is 15.3. The average Bonchev–Trinajstić information content (AvgIpc) is 3.29. The normalized spacial score (nSPS) is 32.3. The molecule has 2 bridgehead atoms. The Bertz CT molecular complexity index is 944. The second kappa shape index (κ2) is 6.62. The first-order valence-electron chi connectivity index (χ1n) is 9.52. The van der Waals surface area contributed by atoms with Crippen molar-refractivity contribution in [2.75, 3.05) is 5.32 Å². The number of ether oxygens (including phenoxy) is 2. The van der Waals surface area contributed by atoms with Gasteiger partial charge in [-0.2, -0.15) is 0 Å². The summed E-state index contributed by atoms with van der Waals surface area (Å²) in [5.74, 6) is 0.871. The van der Waals surface area contributed by atoms with Gasteiger partial charge >= 0.3 is 5.97 Å². The van der Waals surface area contributed by atoms with Crippen molar-refractivity contribution in [3.05, 3.63) is 54.1 Å². The lowest BCUT2D eigenvalue weighted by molar-refractivity contribution is -0.145. The van der Waals surface area contributed by atoms with Crippen molar-refractivity contribution in [3.63, 3.8) is 0 Å². The van der Waals surface area contributed by atoms with Gasteiger partial charge in [-0.25, -0.2) is 0 Å².